The van der Waals surface area contributed by atoms with Gasteiger partial charge in [-0.15, -0.1) is 0 Å². The van der Waals surface area contributed by atoms with Crippen LogP contribution in [0.5, 0.6) is 0 Å². The van der Waals surface area contributed by atoms with E-state index in [1.807, 2.05) is 24.4 Å². The highest BCUT2D eigenvalue weighted by atomic mass is 15.2. The van der Waals surface area contributed by atoms with Crippen molar-refractivity contribution >= 4 is 28.3 Å². The Labute approximate surface area is 382 Å². The maximum absolute atomic E-state index is 4.56. The van der Waals surface area contributed by atoms with Crippen LogP contribution in [-0.2, 0) is 17.3 Å². The summed E-state index contributed by atoms with van der Waals surface area (Å²) in [5.41, 5.74) is 18.4. The van der Waals surface area contributed by atoms with Crippen molar-refractivity contribution in [1.29, 1.82) is 0 Å². The number of nitrogens with one attached hydrogen (secondary N) is 1. The van der Waals surface area contributed by atoms with Gasteiger partial charge in [0.1, 0.15) is 0 Å². The monoisotopic (exact) mass is 835 g/mol. The predicted octanol–water partition coefficient (Wildman–Crippen LogP) is 15.9. The average Bonchev–Trinajstić information content (AvgIpc) is 3.80. The number of fused-ring (bicyclic) bond motifs is 4. The predicted molar refractivity (Wildman–Crippen MR) is 274 cm³/mol. The fourth-order valence-electron chi connectivity index (χ4n) is 9.64. The van der Waals surface area contributed by atoms with Gasteiger partial charge in [-0.05, 0) is 139 Å². The van der Waals surface area contributed by atoms with Crippen LogP contribution in [0.2, 0.25) is 0 Å². The number of allylic oxidation sites excluding steroid dienone is 7. The van der Waals surface area contributed by atoms with E-state index in [0.29, 0.717) is 5.92 Å². The van der Waals surface area contributed by atoms with Crippen LogP contribution in [0.4, 0.5) is 22.7 Å². The first-order valence-electron chi connectivity index (χ1n) is 22.6. The van der Waals surface area contributed by atoms with E-state index in [9.17, 15) is 0 Å². The standard InChI is InChI=1S/C48H44N2.C7H8.C6H9N/c1-34-24-29-40(32-42(34)36-26-25-35(2)49(38-17-8-6-9-18-38)45-23-15-12-16-37(45)28-27-36)50(39-19-10-7-11-20-39)41-30-31-48(5)44-22-14-13-21-43(44)47(3,4)46(48)33-41;1-7-5-3-2-4-6-7;1-5-3-4-7-6(5)2/h6-27,29-33,46H,2,28H2,1,3-5H3;2-6H,1H3;3-4,7H,1-2H3/b26-25-,36-27+;;. The molecule has 1 aromatic heterocycles. The third-order valence-corrected chi connectivity index (χ3v) is 13.3. The van der Waals surface area contributed by atoms with Gasteiger partial charge in [0.15, 0.2) is 0 Å². The van der Waals surface area contributed by atoms with Crippen LogP contribution >= 0.6 is 0 Å². The van der Waals surface area contributed by atoms with Crippen LogP contribution in [0.25, 0.3) is 5.57 Å². The van der Waals surface area contributed by atoms with E-state index >= 15 is 0 Å². The molecule has 2 aliphatic carbocycles. The third kappa shape index (κ3) is 8.90. The first-order chi connectivity index (χ1) is 31.0. The van der Waals surface area contributed by atoms with Crippen LogP contribution in [0.1, 0.15) is 65.4 Å². The Kier molecular flexibility index (Phi) is 12.7. The summed E-state index contributed by atoms with van der Waals surface area (Å²) < 4.78 is 0. The zero-order chi connectivity index (χ0) is 44.8. The Morgan fingerprint density at radius 2 is 1.27 bits per heavy atom. The second-order valence-electron chi connectivity index (χ2n) is 18.1. The minimum atomic E-state index is -0.0519. The van der Waals surface area contributed by atoms with Crippen LogP contribution in [0.3, 0.4) is 0 Å². The van der Waals surface area contributed by atoms with Crippen molar-refractivity contribution in [1.82, 2.24) is 4.98 Å². The normalized spacial score (nSPS) is 19.3. The van der Waals surface area contributed by atoms with Gasteiger partial charge in [0.05, 0.1) is 0 Å². The van der Waals surface area contributed by atoms with Gasteiger partial charge in [-0.2, -0.15) is 0 Å². The molecule has 7 aromatic rings. The Balaban J connectivity index is 0.000000341. The molecule has 2 heterocycles. The summed E-state index contributed by atoms with van der Waals surface area (Å²) >= 11 is 0. The molecule has 0 saturated carbocycles. The number of aromatic amines is 1. The minimum absolute atomic E-state index is 0.00143. The third-order valence-electron chi connectivity index (χ3n) is 13.3. The molecule has 3 nitrogen and oxygen atoms in total. The van der Waals surface area contributed by atoms with Gasteiger partial charge >= 0.3 is 0 Å². The molecule has 10 rings (SSSR count). The van der Waals surface area contributed by atoms with Crippen molar-refractivity contribution in [3.05, 3.63) is 269 Å². The number of aryl methyl sites for hydroxylation is 4. The number of rotatable bonds is 5. The quantitative estimate of drug-likeness (QED) is 0.187. The minimum Gasteiger partial charge on any atom is -0.365 e. The number of H-pyrrole nitrogens is 1. The van der Waals surface area contributed by atoms with Gasteiger partial charge in [-0.25, -0.2) is 0 Å². The molecule has 0 amide bonds. The lowest BCUT2D eigenvalue weighted by molar-refractivity contribution is 0.322. The van der Waals surface area contributed by atoms with Crippen LogP contribution in [-0.4, -0.2) is 4.98 Å². The van der Waals surface area contributed by atoms with Crippen LogP contribution in [0.15, 0.2) is 224 Å². The van der Waals surface area contributed by atoms with Gasteiger partial charge in [0.25, 0.3) is 0 Å². The smallest absolute Gasteiger partial charge is 0.0496 e. The SMILES string of the molecule is C=C1/C=C\C(c2cc(N(C3=CC4C(C)(C)c5ccccc5C4(C)C=C3)c3ccccc3)ccc2C)=C/Cc2ccccc2N1c1ccccc1.Cc1cc[nH]c1C.Cc1ccccc1. The second kappa shape index (κ2) is 18.7. The highest BCUT2D eigenvalue weighted by Gasteiger charge is 2.52. The molecule has 6 aromatic carbocycles. The molecule has 64 heavy (non-hydrogen) atoms. The van der Waals surface area contributed by atoms with Crippen molar-refractivity contribution < 1.29 is 0 Å². The Morgan fingerprint density at radius 1 is 0.625 bits per heavy atom. The molecule has 2 unspecified atom stereocenters. The molecule has 0 fully saturated rings. The summed E-state index contributed by atoms with van der Waals surface area (Å²) in [6, 6.07) is 58.3. The lowest BCUT2D eigenvalue weighted by atomic mass is 9.66. The first kappa shape index (κ1) is 43.5. The maximum atomic E-state index is 4.56. The molecule has 0 bridgehead atoms. The Morgan fingerprint density at radius 3 is 1.91 bits per heavy atom. The van der Waals surface area contributed by atoms with Crippen LogP contribution < -0.4 is 9.80 Å². The highest BCUT2D eigenvalue weighted by molar-refractivity contribution is 5.83. The molecule has 3 aliphatic rings. The second-order valence-corrected chi connectivity index (χ2v) is 18.1. The van der Waals surface area contributed by atoms with Crippen LogP contribution in [0, 0.1) is 33.6 Å². The van der Waals surface area contributed by atoms with E-state index < -0.39 is 0 Å². The molecule has 0 radical (unpaired) electrons. The van der Waals surface area contributed by atoms with E-state index in [0.717, 1.165) is 34.9 Å². The number of hydrogen-bond acceptors (Lipinski definition) is 2. The van der Waals surface area contributed by atoms with E-state index in [4.69, 9.17) is 0 Å². The summed E-state index contributed by atoms with van der Waals surface area (Å²) in [6.45, 7) is 20.2. The first-order valence-corrected chi connectivity index (χ1v) is 22.6. The fraction of sp³-hybridized carbons (Fsp3) is 0.180. The van der Waals surface area contributed by atoms with E-state index in [1.54, 1.807) is 0 Å². The van der Waals surface area contributed by atoms with E-state index in [2.05, 4.69) is 252 Å². The van der Waals surface area contributed by atoms with Gasteiger partial charge in [-0.3, -0.25) is 0 Å². The highest BCUT2D eigenvalue weighted by Crippen LogP contribution is 2.57. The number of hydrogen-bond donors (Lipinski definition) is 1. The van der Waals surface area contributed by atoms with Crippen molar-refractivity contribution in [2.24, 2.45) is 5.92 Å². The van der Waals surface area contributed by atoms with E-state index in [-0.39, 0.29) is 10.8 Å². The van der Waals surface area contributed by atoms with Crippen molar-refractivity contribution in [2.75, 3.05) is 9.80 Å². The zero-order valence-corrected chi connectivity index (χ0v) is 38.5. The van der Waals surface area contributed by atoms with Crippen molar-refractivity contribution in [3.8, 4) is 0 Å². The molecule has 320 valence electrons. The summed E-state index contributed by atoms with van der Waals surface area (Å²) in [5.74, 6) is 0.321. The zero-order valence-electron chi connectivity index (χ0n) is 38.5. The number of benzene rings is 6. The molecule has 0 saturated heterocycles. The fourth-order valence-corrected chi connectivity index (χ4v) is 9.64. The summed E-state index contributed by atoms with van der Waals surface area (Å²) in [4.78, 5) is 7.77. The summed E-state index contributed by atoms with van der Waals surface area (Å²) in [7, 11) is 0. The number of aromatic nitrogens is 1. The van der Waals surface area contributed by atoms with Crippen molar-refractivity contribution in [2.45, 2.75) is 65.7 Å². The van der Waals surface area contributed by atoms with Gasteiger partial charge in [0.2, 0.25) is 0 Å². The molecule has 0 spiro atoms. The number of para-hydroxylation sites is 3. The lowest BCUT2D eigenvalue weighted by Crippen LogP contribution is -2.36. The Bertz CT molecular complexity index is 2840. The molecule has 3 heteroatoms. The van der Waals surface area contributed by atoms with Crippen molar-refractivity contribution in [3.63, 3.8) is 0 Å². The summed E-state index contributed by atoms with van der Waals surface area (Å²) in [6.07, 6.45) is 16.9. The van der Waals surface area contributed by atoms with E-state index in [1.165, 1.54) is 55.9 Å². The molecule has 1 aliphatic heterocycles. The maximum Gasteiger partial charge on any atom is 0.0496 e. The van der Waals surface area contributed by atoms with Gasteiger partial charge < -0.3 is 14.8 Å². The number of nitrogens with zero attached hydrogens (tertiary/aromatic N) is 2. The molecule has 1 N–H and O–H groups in total. The summed E-state index contributed by atoms with van der Waals surface area (Å²) in [5, 5.41) is 0. The topological polar surface area (TPSA) is 22.3 Å². The lowest BCUT2D eigenvalue weighted by Gasteiger charge is -2.39. The molecule has 2 atom stereocenters. The van der Waals surface area contributed by atoms with Gasteiger partial charge in [0, 0.05) is 57.4 Å². The average molecular weight is 836 g/mol. The Hall–Kier alpha value is -7.10. The number of anilines is 4. The van der Waals surface area contributed by atoms with Gasteiger partial charge in [-0.1, -0.05) is 172 Å². The molecular weight excluding hydrogens is 775 g/mol. The largest absolute Gasteiger partial charge is 0.365 e. The molecular formula is C61H61N3.